The molecule has 0 N–H and O–H groups in total. The topological polar surface area (TPSA) is 82.3 Å². The summed E-state index contributed by atoms with van der Waals surface area (Å²) in [6.07, 6.45) is 0. The number of pyridine rings is 2. The van der Waals surface area contributed by atoms with Crippen LogP contribution in [0, 0.1) is 0 Å². The van der Waals surface area contributed by atoms with E-state index in [-0.39, 0.29) is 0 Å². The van der Waals surface area contributed by atoms with E-state index in [0.717, 1.165) is 167 Å². The van der Waals surface area contributed by atoms with Gasteiger partial charge in [-0.15, -0.1) is 22.7 Å². The molecule has 0 aliphatic heterocycles. The Morgan fingerprint density at radius 3 is 1.23 bits per heavy atom. The molecule has 0 atom stereocenters. The maximum absolute atomic E-state index is 5.75. The lowest BCUT2D eigenvalue weighted by Gasteiger charge is -2.15. The van der Waals surface area contributed by atoms with Crippen LogP contribution in [-0.4, -0.2) is 34.5 Å². The van der Waals surface area contributed by atoms with Crippen LogP contribution in [0.25, 0.3) is 235 Å². The molecule has 7 aromatic heterocycles. The third kappa shape index (κ3) is 11.2. The fourth-order valence-electron chi connectivity index (χ4n) is 17.4. The first-order valence-corrected chi connectivity index (χ1v) is 40.4. The SMILES string of the molecule is c1ccc(-c2cc(-c3cccc(-c4ccc(-c5cccc6c5nc(-c5ccccc5)c5ccc7sc8ccc(-c9ccc(-c%10nc(-c%11ccc%12c(c%11)c%11ccccc%11n%12-c%11ccccc%11)cc(-c%11cccc%12c%11nc(-c%11ccccc%11)c%11ccc%13sc%14ccccc%14c%13c%11%12)n%10)cc9)cc8c7c56)cc4)c3)nc(-c3ccccc3)n2)cc1. The summed E-state index contributed by atoms with van der Waals surface area (Å²) in [7, 11) is 0. The number of fused-ring (bicyclic) bond motifs is 17. The second-order valence-corrected chi connectivity index (χ2v) is 31.7. The van der Waals surface area contributed by atoms with Crippen molar-refractivity contribution in [2.45, 2.75) is 0 Å². The van der Waals surface area contributed by atoms with Gasteiger partial charge >= 0.3 is 0 Å². The fourth-order valence-corrected chi connectivity index (χ4v) is 19.6. The van der Waals surface area contributed by atoms with Crippen LogP contribution in [0.15, 0.2) is 382 Å². The van der Waals surface area contributed by atoms with Gasteiger partial charge in [-0.25, -0.2) is 29.9 Å². The summed E-state index contributed by atoms with van der Waals surface area (Å²) in [5.74, 6) is 1.31. The predicted octanol–water partition coefficient (Wildman–Crippen LogP) is 28.8. The van der Waals surface area contributed by atoms with Crippen molar-refractivity contribution in [2.24, 2.45) is 0 Å². The van der Waals surface area contributed by atoms with Crippen LogP contribution in [0.1, 0.15) is 0 Å². The van der Waals surface area contributed by atoms with Gasteiger partial charge in [-0.3, -0.25) is 0 Å². The molecule has 0 amide bonds. The predicted molar refractivity (Wildman–Crippen MR) is 483 cm³/mol. The van der Waals surface area contributed by atoms with Crippen molar-refractivity contribution in [1.29, 1.82) is 0 Å². The van der Waals surface area contributed by atoms with Crippen LogP contribution in [0.2, 0.25) is 0 Å². The average Bonchev–Trinajstić information content (AvgIpc) is 1.70. The molecule has 0 aliphatic rings. The van der Waals surface area contributed by atoms with Crippen LogP contribution in [-0.2, 0) is 0 Å². The summed E-state index contributed by atoms with van der Waals surface area (Å²) in [5.41, 5.74) is 25.0. The van der Waals surface area contributed by atoms with Gasteiger partial charge in [0.05, 0.1) is 56.2 Å². The fraction of sp³-hybridized carbons (Fsp3) is 0. The van der Waals surface area contributed by atoms with Crippen LogP contribution in [0.3, 0.4) is 0 Å². The van der Waals surface area contributed by atoms with Gasteiger partial charge in [-0.05, 0) is 107 Å². The van der Waals surface area contributed by atoms with Gasteiger partial charge < -0.3 is 4.57 Å². The number of benzene rings is 16. The molecule has 7 nitrogen and oxygen atoms in total. The summed E-state index contributed by atoms with van der Waals surface area (Å²) in [4.78, 5) is 33.0. The molecule has 7 heterocycles. The molecule has 23 aromatic rings. The summed E-state index contributed by atoms with van der Waals surface area (Å²) < 4.78 is 7.31. The van der Waals surface area contributed by atoms with Crippen molar-refractivity contribution in [3.8, 4) is 129 Å². The van der Waals surface area contributed by atoms with Crippen molar-refractivity contribution < 1.29 is 0 Å². The number of hydrogen-bond donors (Lipinski definition) is 0. The number of rotatable bonds is 12. The Balaban J connectivity index is 0.650. The lowest BCUT2D eigenvalue weighted by atomic mass is 9.92. The Labute approximate surface area is 669 Å². The van der Waals surface area contributed by atoms with Crippen LogP contribution >= 0.6 is 22.7 Å². The third-order valence-corrected chi connectivity index (χ3v) is 25.1. The molecule has 0 bridgehead atoms. The van der Waals surface area contributed by atoms with Crippen LogP contribution in [0.4, 0.5) is 0 Å². The molecule has 0 saturated heterocycles. The van der Waals surface area contributed by atoms with E-state index in [9.17, 15) is 0 Å². The molecule has 0 aliphatic carbocycles. The van der Waals surface area contributed by atoms with E-state index in [1.807, 2.05) is 46.9 Å². The minimum absolute atomic E-state index is 0.620. The molecular formula is C106H63N7S2. The summed E-state index contributed by atoms with van der Waals surface area (Å²) in [6, 6.07) is 137. The molecule has 0 saturated carbocycles. The first-order valence-electron chi connectivity index (χ1n) is 38.8. The standard InChI is InChI=1S/C106H63N7S2/c1-6-23-67(24-7-1)87-62-88(108-105(107-87)70-29-12-4-13-30-70)74-32-20-31-72(59-74)64-43-47-66(48-44-64)77-37-21-39-81-98-84(101(111-103(77)81)68-25-8-2-9-26-68)54-58-96-100(98)86-60-73(52-56-94(86)115-96)65-45-49-71(50-46-65)106-109-89(75-51-55-92-85(61-75)78-35-16-18-41-91(78)113(92)76-33-14-5-15-34-76)63-90(110-106)79-38-22-40-82-97-83(102(112-104(79)82)69-27-10-3-11-28-69)53-57-95-99(97)80-36-17-19-42-93(80)114-95/h1-63H. The van der Waals surface area contributed by atoms with Crippen LogP contribution in [0.5, 0.6) is 0 Å². The molecule has 23 rings (SSSR count). The largest absolute Gasteiger partial charge is 0.309 e. The molecule has 534 valence electrons. The highest BCUT2D eigenvalue weighted by molar-refractivity contribution is 7.26. The van der Waals surface area contributed by atoms with Gasteiger partial charge in [-0.1, -0.05) is 303 Å². The van der Waals surface area contributed by atoms with Gasteiger partial charge in [0.15, 0.2) is 11.6 Å². The Bertz CT molecular complexity index is 7800. The number of hydrogen-bond acceptors (Lipinski definition) is 8. The van der Waals surface area contributed by atoms with Gasteiger partial charge in [0.2, 0.25) is 0 Å². The van der Waals surface area contributed by atoms with Gasteiger partial charge in [0, 0.05) is 139 Å². The number of thiophene rings is 2. The molecule has 16 aromatic carbocycles. The summed E-state index contributed by atoms with van der Waals surface area (Å²) >= 11 is 3.68. The van der Waals surface area contributed by atoms with Crippen molar-refractivity contribution in [3.63, 3.8) is 0 Å². The Hall–Kier alpha value is -14.7. The van der Waals surface area contributed by atoms with Gasteiger partial charge in [0.25, 0.3) is 0 Å². The lowest BCUT2D eigenvalue weighted by Crippen LogP contribution is -1.98. The van der Waals surface area contributed by atoms with Crippen molar-refractivity contribution in [2.75, 3.05) is 0 Å². The minimum atomic E-state index is 0.620. The molecule has 9 heteroatoms. The van der Waals surface area contributed by atoms with Crippen molar-refractivity contribution in [1.82, 2.24) is 34.5 Å². The highest BCUT2D eigenvalue weighted by Gasteiger charge is 2.25. The number of nitrogens with zero attached hydrogens (tertiary/aromatic N) is 7. The second kappa shape index (κ2) is 27.0. The Morgan fingerprint density at radius 2 is 0.591 bits per heavy atom. The monoisotopic (exact) mass is 1500 g/mol. The highest BCUT2D eigenvalue weighted by Crippen LogP contribution is 2.49. The first kappa shape index (κ1) is 66.1. The van der Waals surface area contributed by atoms with Crippen molar-refractivity contribution in [3.05, 3.63) is 382 Å². The molecule has 115 heavy (non-hydrogen) atoms. The maximum Gasteiger partial charge on any atom is 0.160 e. The number of para-hydroxylation sites is 4. The normalized spacial score (nSPS) is 11.8. The van der Waals surface area contributed by atoms with E-state index in [2.05, 4.69) is 362 Å². The van der Waals surface area contributed by atoms with E-state index in [1.54, 1.807) is 0 Å². The van der Waals surface area contributed by atoms with E-state index in [0.29, 0.717) is 11.6 Å². The van der Waals surface area contributed by atoms with Gasteiger partial charge in [0.1, 0.15) is 0 Å². The van der Waals surface area contributed by atoms with Crippen LogP contribution < -0.4 is 0 Å². The zero-order valence-corrected chi connectivity index (χ0v) is 63.5. The molecular weight excluding hydrogens is 1440 g/mol. The van der Waals surface area contributed by atoms with Gasteiger partial charge in [-0.2, -0.15) is 0 Å². The Kier molecular flexibility index (Phi) is 15.5. The lowest BCUT2D eigenvalue weighted by molar-refractivity contribution is 1.18. The van der Waals surface area contributed by atoms with E-state index < -0.39 is 0 Å². The van der Waals surface area contributed by atoms with E-state index in [4.69, 9.17) is 29.9 Å². The number of aromatic nitrogens is 7. The zero-order chi connectivity index (χ0) is 75.6. The Morgan fingerprint density at radius 1 is 0.191 bits per heavy atom. The van der Waals surface area contributed by atoms with E-state index in [1.165, 1.54) is 56.5 Å². The summed E-state index contributed by atoms with van der Waals surface area (Å²) in [6.45, 7) is 0. The maximum atomic E-state index is 5.75. The summed E-state index contributed by atoms with van der Waals surface area (Å²) in [5, 5.41) is 14.0. The average molecular weight is 1500 g/mol. The second-order valence-electron chi connectivity index (χ2n) is 29.5. The smallest absolute Gasteiger partial charge is 0.160 e. The zero-order valence-electron chi connectivity index (χ0n) is 61.8. The third-order valence-electron chi connectivity index (χ3n) is 22.8. The van der Waals surface area contributed by atoms with Crippen molar-refractivity contribution >= 4 is 128 Å². The molecule has 0 unspecified atom stereocenters. The minimum Gasteiger partial charge on any atom is -0.309 e. The molecule has 0 fully saturated rings. The quantitative estimate of drug-likeness (QED) is 0.113. The molecule has 0 spiro atoms. The molecule has 0 radical (unpaired) electrons. The van der Waals surface area contributed by atoms with E-state index >= 15 is 0 Å². The highest BCUT2D eigenvalue weighted by atomic mass is 32.1. The first-order chi connectivity index (χ1) is 57.0.